The van der Waals surface area contributed by atoms with E-state index in [1.165, 1.54) is 0 Å². The average Bonchev–Trinajstić information content (AvgIpc) is 2.23. The molecule has 0 aromatic heterocycles. The summed E-state index contributed by atoms with van der Waals surface area (Å²) in [5.41, 5.74) is 0. The van der Waals surface area contributed by atoms with Gasteiger partial charge in [-0.1, -0.05) is 6.92 Å². The van der Waals surface area contributed by atoms with Gasteiger partial charge in [-0.05, 0) is 25.9 Å². The van der Waals surface area contributed by atoms with Gasteiger partial charge in [0.25, 0.3) is 0 Å². The van der Waals surface area contributed by atoms with Crippen LogP contribution in [-0.4, -0.2) is 50.0 Å². The van der Waals surface area contributed by atoms with Gasteiger partial charge in [-0.2, -0.15) is 13.2 Å². The molecule has 1 fully saturated rings. The molecule has 1 aliphatic heterocycles. The number of amides is 1. The Hall–Kier alpha value is -1.11. The molecular weight excluding hydrogens is 237 g/mol. The van der Waals surface area contributed by atoms with Crippen LogP contribution in [0.4, 0.5) is 13.2 Å². The number of nitrogens with one attached hydrogen (secondary N) is 1. The van der Waals surface area contributed by atoms with Crippen molar-refractivity contribution in [1.29, 1.82) is 0 Å². The summed E-state index contributed by atoms with van der Waals surface area (Å²) < 4.78 is 36.0. The minimum atomic E-state index is -4.77. The van der Waals surface area contributed by atoms with Gasteiger partial charge in [-0.25, -0.2) is 0 Å². The Morgan fingerprint density at radius 1 is 1.41 bits per heavy atom. The maximum absolute atomic E-state index is 12.0. The summed E-state index contributed by atoms with van der Waals surface area (Å²) in [5, 5.41) is 2.04. The molecule has 1 heterocycles. The van der Waals surface area contributed by atoms with Crippen molar-refractivity contribution < 1.29 is 22.8 Å². The number of hydrogen-bond acceptors (Lipinski definition) is 3. The van der Waals surface area contributed by atoms with E-state index in [1.807, 2.05) is 31.0 Å². The molecular formula is C10H17F3N2O2. The Kier molecular flexibility index (Phi) is 6.15. The number of piperidine rings is 1. The Morgan fingerprint density at radius 2 is 1.94 bits per heavy atom. The molecule has 0 spiro atoms. The van der Waals surface area contributed by atoms with Crippen molar-refractivity contribution in [2.24, 2.45) is 5.92 Å². The first-order valence-electron chi connectivity index (χ1n) is 5.16. The predicted octanol–water partition coefficient (Wildman–Crippen LogP) is 0.820. The molecule has 2 atom stereocenters. The highest BCUT2D eigenvalue weighted by Gasteiger charge is 2.40. The normalized spacial score (nSPS) is 25.7. The molecule has 0 bridgehead atoms. The number of likely N-dealkylation sites (tertiary alicyclic amines) is 1. The highest BCUT2D eigenvalue weighted by atomic mass is 19.4. The molecule has 0 unspecified atom stereocenters. The smallest absolute Gasteiger partial charge is 0.345 e. The minimum absolute atomic E-state index is 0.0510. The van der Waals surface area contributed by atoms with Crippen LogP contribution in [0.3, 0.4) is 0 Å². The second kappa shape index (κ2) is 6.58. The van der Waals surface area contributed by atoms with E-state index >= 15 is 0 Å². The van der Waals surface area contributed by atoms with Crippen LogP contribution in [0, 0.1) is 5.92 Å². The van der Waals surface area contributed by atoms with Gasteiger partial charge in [-0.15, -0.1) is 0 Å². The van der Waals surface area contributed by atoms with Crippen LogP contribution in [-0.2, 0) is 9.59 Å². The van der Waals surface area contributed by atoms with Gasteiger partial charge in [-0.3, -0.25) is 4.79 Å². The fraction of sp³-hybridized carbons (Fsp3) is 0.800. The van der Waals surface area contributed by atoms with Gasteiger partial charge < -0.3 is 15.0 Å². The van der Waals surface area contributed by atoms with Crippen molar-refractivity contribution in [1.82, 2.24) is 10.2 Å². The molecule has 0 radical (unpaired) electrons. The Bertz CT molecular complexity index is 258. The Morgan fingerprint density at radius 3 is 2.35 bits per heavy atom. The molecule has 4 nitrogen and oxygen atoms in total. The van der Waals surface area contributed by atoms with Crippen LogP contribution in [0.5, 0.6) is 0 Å². The van der Waals surface area contributed by atoms with Crippen LogP contribution in [0.15, 0.2) is 0 Å². The van der Waals surface area contributed by atoms with E-state index in [0.29, 0.717) is 19.5 Å². The highest BCUT2D eigenvalue weighted by Crippen LogP contribution is 2.19. The van der Waals surface area contributed by atoms with Gasteiger partial charge in [0.1, 0.15) is 6.79 Å². The van der Waals surface area contributed by atoms with E-state index in [0.717, 1.165) is 0 Å². The number of carbonyl (C=O) groups is 2. The molecule has 1 aliphatic rings. The molecule has 0 aliphatic carbocycles. The molecule has 7 heteroatoms. The number of hydrogen-bond donors (Lipinski definition) is 1. The van der Waals surface area contributed by atoms with E-state index < -0.39 is 12.1 Å². The summed E-state index contributed by atoms with van der Waals surface area (Å²) in [4.78, 5) is 20.8. The van der Waals surface area contributed by atoms with Crippen molar-refractivity contribution in [2.75, 3.05) is 20.1 Å². The summed E-state index contributed by atoms with van der Waals surface area (Å²) >= 11 is 0. The fourth-order valence-corrected chi connectivity index (χ4v) is 1.82. The van der Waals surface area contributed by atoms with Crippen LogP contribution < -0.4 is 5.32 Å². The molecule has 100 valence electrons. The SMILES string of the molecule is C=O.C[C@H]1CN(C)CC[C@H]1NC(=O)C(F)(F)F. The zero-order valence-electron chi connectivity index (χ0n) is 9.88. The van der Waals surface area contributed by atoms with Crippen LogP contribution in [0.1, 0.15) is 13.3 Å². The summed E-state index contributed by atoms with van der Waals surface area (Å²) in [6.45, 7) is 5.27. The lowest BCUT2D eigenvalue weighted by Gasteiger charge is -2.35. The summed E-state index contributed by atoms with van der Waals surface area (Å²) in [7, 11) is 1.91. The van der Waals surface area contributed by atoms with Gasteiger partial charge in [0.15, 0.2) is 0 Å². The first kappa shape index (κ1) is 15.9. The third-order valence-corrected chi connectivity index (χ3v) is 2.68. The fourth-order valence-electron chi connectivity index (χ4n) is 1.82. The van der Waals surface area contributed by atoms with E-state index in [1.54, 1.807) is 0 Å². The number of halogens is 3. The van der Waals surface area contributed by atoms with Crippen LogP contribution >= 0.6 is 0 Å². The van der Waals surface area contributed by atoms with E-state index in [4.69, 9.17) is 4.79 Å². The van der Waals surface area contributed by atoms with Crippen molar-refractivity contribution in [3.8, 4) is 0 Å². The minimum Gasteiger partial charge on any atom is -0.345 e. The quantitative estimate of drug-likeness (QED) is 0.753. The number of nitrogens with zero attached hydrogens (tertiary/aromatic N) is 1. The lowest BCUT2D eigenvalue weighted by Crippen LogP contribution is -2.51. The van der Waals surface area contributed by atoms with E-state index in [-0.39, 0.29) is 12.0 Å². The lowest BCUT2D eigenvalue weighted by atomic mass is 9.94. The third kappa shape index (κ3) is 5.16. The van der Waals surface area contributed by atoms with Crippen molar-refractivity contribution in [3.63, 3.8) is 0 Å². The molecule has 1 amide bonds. The number of alkyl halides is 3. The first-order chi connectivity index (χ1) is 7.80. The molecule has 1 N–H and O–H groups in total. The molecule has 0 saturated carbocycles. The third-order valence-electron chi connectivity index (χ3n) is 2.68. The standard InChI is InChI=1S/C9H15F3N2O.CH2O/c1-6-5-14(2)4-3-7(6)13-8(15)9(10,11)12;1-2/h6-7H,3-5H2,1-2H3,(H,13,15);1H2/t6-,7+;/m0./s1. The average molecular weight is 254 g/mol. The van der Waals surface area contributed by atoms with E-state index in [2.05, 4.69) is 0 Å². The van der Waals surface area contributed by atoms with Gasteiger partial charge >= 0.3 is 12.1 Å². The van der Waals surface area contributed by atoms with Gasteiger partial charge in [0.2, 0.25) is 0 Å². The maximum Gasteiger partial charge on any atom is 0.471 e. The highest BCUT2D eigenvalue weighted by molar-refractivity contribution is 5.81. The zero-order valence-corrected chi connectivity index (χ0v) is 9.88. The van der Waals surface area contributed by atoms with Crippen LogP contribution in [0.25, 0.3) is 0 Å². The monoisotopic (exact) mass is 254 g/mol. The molecule has 1 rings (SSSR count). The molecule has 0 aromatic carbocycles. The molecule has 1 saturated heterocycles. The molecule has 17 heavy (non-hydrogen) atoms. The van der Waals surface area contributed by atoms with Crippen molar-refractivity contribution in [3.05, 3.63) is 0 Å². The van der Waals surface area contributed by atoms with Gasteiger partial charge in [0, 0.05) is 12.6 Å². The number of carbonyl (C=O) groups excluding carboxylic acids is 2. The summed E-state index contributed by atoms with van der Waals surface area (Å²) in [6.07, 6.45) is -4.21. The maximum atomic E-state index is 12.0. The van der Waals surface area contributed by atoms with Gasteiger partial charge in [0.05, 0.1) is 0 Å². The second-order valence-electron chi connectivity index (χ2n) is 4.11. The largest absolute Gasteiger partial charge is 0.471 e. The number of rotatable bonds is 1. The van der Waals surface area contributed by atoms with Crippen LogP contribution in [0.2, 0.25) is 0 Å². The predicted molar refractivity (Wildman–Crippen MR) is 56.4 cm³/mol. The van der Waals surface area contributed by atoms with Crippen molar-refractivity contribution in [2.45, 2.75) is 25.6 Å². The Labute approximate surface area is 98.2 Å². The topological polar surface area (TPSA) is 49.4 Å². The Balaban J connectivity index is 0.00000121. The summed E-state index contributed by atoms with van der Waals surface area (Å²) in [5.74, 6) is -1.78. The molecule has 0 aromatic rings. The van der Waals surface area contributed by atoms with Crippen molar-refractivity contribution >= 4 is 12.7 Å². The zero-order chi connectivity index (χ0) is 13.6. The first-order valence-corrected chi connectivity index (χ1v) is 5.16. The summed E-state index contributed by atoms with van der Waals surface area (Å²) in [6, 6.07) is -0.365. The van der Waals surface area contributed by atoms with E-state index in [9.17, 15) is 18.0 Å². The lowest BCUT2D eigenvalue weighted by molar-refractivity contribution is -0.175. The second-order valence-corrected chi connectivity index (χ2v) is 4.11.